The summed E-state index contributed by atoms with van der Waals surface area (Å²) >= 11 is 0. The Morgan fingerprint density at radius 2 is 2.07 bits per heavy atom. The number of carbonyl (C=O) groups is 1. The van der Waals surface area contributed by atoms with E-state index in [0.29, 0.717) is 29.3 Å². The van der Waals surface area contributed by atoms with Gasteiger partial charge in [-0.05, 0) is 57.0 Å². The molecular weight excluding hydrogens is 356 g/mol. The topological polar surface area (TPSA) is 75.7 Å². The molecular formula is C22H26N2O4. The first-order chi connectivity index (χ1) is 13.5. The summed E-state index contributed by atoms with van der Waals surface area (Å²) in [4.78, 5) is 27.4. The van der Waals surface area contributed by atoms with Crippen molar-refractivity contribution in [3.05, 3.63) is 45.5 Å². The Morgan fingerprint density at radius 1 is 1.25 bits per heavy atom. The lowest BCUT2D eigenvalue weighted by Crippen LogP contribution is -2.40. The van der Waals surface area contributed by atoms with Crippen molar-refractivity contribution in [1.82, 2.24) is 10.2 Å². The maximum atomic E-state index is 12.5. The second-order valence-corrected chi connectivity index (χ2v) is 7.66. The van der Waals surface area contributed by atoms with Crippen molar-refractivity contribution in [3.8, 4) is 0 Å². The molecule has 1 saturated heterocycles. The average Bonchev–Trinajstić information content (AvgIpc) is 3.28. The third-order valence-corrected chi connectivity index (χ3v) is 5.95. The van der Waals surface area contributed by atoms with Gasteiger partial charge in [-0.25, -0.2) is 4.79 Å². The Balaban J connectivity index is 1.57. The number of likely N-dealkylation sites (N-methyl/N-ethyl adjacent to an activating group) is 1. The van der Waals surface area contributed by atoms with Crippen LogP contribution in [0.5, 0.6) is 0 Å². The molecule has 1 aliphatic rings. The molecule has 4 rings (SSSR count). The number of benzene rings is 1. The smallest absolute Gasteiger partial charge is 0.340 e. The minimum atomic E-state index is -0.459. The molecule has 0 radical (unpaired) electrons. The molecule has 0 bridgehead atoms. The van der Waals surface area contributed by atoms with Crippen LogP contribution >= 0.6 is 0 Å². The minimum absolute atomic E-state index is 0.0331. The van der Waals surface area contributed by atoms with Crippen molar-refractivity contribution in [2.24, 2.45) is 0 Å². The number of nitrogens with one attached hydrogen (secondary N) is 1. The summed E-state index contributed by atoms with van der Waals surface area (Å²) in [5.74, 6) is -0.140. The van der Waals surface area contributed by atoms with E-state index in [1.165, 1.54) is 6.42 Å². The zero-order valence-electron chi connectivity index (χ0n) is 16.6. The Kier molecular flexibility index (Phi) is 4.98. The highest BCUT2D eigenvalue weighted by Gasteiger charge is 2.23. The lowest BCUT2D eigenvalue weighted by atomic mass is 10.0. The summed E-state index contributed by atoms with van der Waals surface area (Å²) in [6.07, 6.45) is 3.99. The zero-order chi connectivity index (χ0) is 19.8. The number of furan rings is 1. The average molecular weight is 382 g/mol. The van der Waals surface area contributed by atoms with Crippen LogP contribution in [0.4, 0.5) is 0 Å². The van der Waals surface area contributed by atoms with Gasteiger partial charge >= 0.3 is 5.63 Å². The van der Waals surface area contributed by atoms with Gasteiger partial charge < -0.3 is 14.2 Å². The molecule has 2 aromatic heterocycles. The molecule has 1 fully saturated rings. The molecule has 1 aliphatic heterocycles. The van der Waals surface area contributed by atoms with E-state index >= 15 is 0 Å². The highest BCUT2D eigenvalue weighted by Crippen LogP contribution is 2.28. The number of nitrogens with zero attached hydrogens (tertiary/aromatic N) is 1. The van der Waals surface area contributed by atoms with Crippen molar-refractivity contribution >= 4 is 27.8 Å². The molecule has 1 atom stereocenters. The van der Waals surface area contributed by atoms with E-state index in [9.17, 15) is 9.59 Å². The van der Waals surface area contributed by atoms with Gasteiger partial charge in [0.15, 0.2) is 0 Å². The molecule has 1 unspecified atom stereocenters. The number of amides is 1. The van der Waals surface area contributed by atoms with Gasteiger partial charge in [-0.1, -0.05) is 6.92 Å². The van der Waals surface area contributed by atoms with Gasteiger partial charge in [-0.15, -0.1) is 0 Å². The predicted octanol–water partition coefficient (Wildman–Crippen LogP) is 3.30. The van der Waals surface area contributed by atoms with E-state index in [-0.39, 0.29) is 12.3 Å². The summed E-state index contributed by atoms with van der Waals surface area (Å²) in [7, 11) is 0. The SMILES string of the molecule is CCN1CCCC1CNC(=O)Cc1c(C)c2cc3c(C)coc3cc2oc1=O. The lowest BCUT2D eigenvalue weighted by molar-refractivity contribution is -0.120. The third kappa shape index (κ3) is 3.33. The van der Waals surface area contributed by atoms with Gasteiger partial charge in [0, 0.05) is 29.4 Å². The predicted molar refractivity (Wildman–Crippen MR) is 109 cm³/mol. The van der Waals surface area contributed by atoms with E-state index < -0.39 is 5.63 Å². The van der Waals surface area contributed by atoms with Gasteiger partial charge in [-0.3, -0.25) is 9.69 Å². The van der Waals surface area contributed by atoms with Crippen LogP contribution in [0.15, 0.2) is 32.0 Å². The Morgan fingerprint density at radius 3 is 2.86 bits per heavy atom. The number of aryl methyl sites for hydroxylation is 2. The number of carbonyl (C=O) groups excluding carboxylic acids is 1. The first-order valence-electron chi connectivity index (χ1n) is 9.92. The first-order valence-corrected chi connectivity index (χ1v) is 9.92. The molecule has 1 aromatic carbocycles. The summed E-state index contributed by atoms with van der Waals surface area (Å²) < 4.78 is 11.0. The molecule has 3 heterocycles. The maximum Gasteiger partial charge on any atom is 0.340 e. The molecule has 0 saturated carbocycles. The van der Waals surface area contributed by atoms with E-state index in [4.69, 9.17) is 8.83 Å². The highest BCUT2D eigenvalue weighted by atomic mass is 16.4. The van der Waals surface area contributed by atoms with Gasteiger partial charge in [0.1, 0.15) is 11.2 Å². The Labute approximate surface area is 163 Å². The van der Waals surface area contributed by atoms with Crippen LogP contribution in [0.1, 0.15) is 36.5 Å². The number of hydrogen-bond donors (Lipinski definition) is 1. The van der Waals surface area contributed by atoms with E-state index in [2.05, 4.69) is 17.1 Å². The largest absolute Gasteiger partial charge is 0.464 e. The molecule has 0 aliphatic carbocycles. The van der Waals surface area contributed by atoms with Crippen LogP contribution in [-0.4, -0.2) is 36.5 Å². The van der Waals surface area contributed by atoms with Gasteiger partial charge in [0.2, 0.25) is 5.91 Å². The quantitative estimate of drug-likeness (QED) is 0.685. The third-order valence-electron chi connectivity index (χ3n) is 5.95. The van der Waals surface area contributed by atoms with Crippen molar-refractivity contribution in [1.29, 1.82) is 0 Å². The summed E-state index contributed by atoms with van der Waals surface area (Å²) in [6.45, 7) is 8.70. The molecule has 1 N–H and O–H groups in total. The van der Waals surface area contributed by atoms with E-state index in [0.717, 1.165) is 41.4 Å². The van der Waals surface area contributed by atoms with Gasteiger partial charge in [0.05, 0.1) is 18.2 Å². The molecule has 0 spiro atoms. The summed E-state index contributed by atoms with van der Waals surface area (Å²) in [5.41, 5.74) is 2.95. The first kappa shape index (κ1) is 18.7. The highest BCUT2D eigenvalue weighted by molar-refractivity contribution is 5.96. The maximum absolute atomic E-state index is 12.5. The van der Waals surface area contributed by atoms with Crippen LogP contribution in [0.25, 0.3) is 21.9 Å². The van der Waals surface area contributed by atoms with Gasteiger partial charge in [-0.2, -0.15) is 0 Å². The van der Waals surface area contributed by atoms with Crippen LogP contribution in [0.2, 0.25) is 0 Å². The Bertz CT molecular complexity index is 1100. The molecule has 1 amide bonds. The Hall–Kier alpha value is -2.60. The zero-order valence-corrected chi connectivity index (χ0v) is 16.6. The molecule has 28 heavy (non-hydrogen) atoms. The number of likely N-dealkylation sites (tertiary alicyclic amines) is 1. The van der Waals surface area contributed by atoms with Gasteiger partial charge in [0.25, 0.3) is 0 Å². The van der Waals surface area contributed by atoms with Crippen LogP contribution in [-0.2, 0) is 11.2 Å². The fraction of sp³-hybridized carbons (Fsp3) is 0.455. The van der Waals surface area contributed by atoms with Crippen LogP contribution < -0.4 is 10.9 Å². The van der Waals surface area contributed by atoms with Crippen molar-refractivity contribution in [2.75, 3.05) is 19.6 Å². The van der Waals surface area contributed by atoms with Crippen molar-refractivity contribution in [3.63, 3.8) is 0 Å². The number of rotatable bonds is 5. The fourth-order valence-corrected chi connectivity index (χ4v) is 4.24. The normalized spacial score (nSPS) is 17.6. The fourth-order valence-electron chi connectivity index (χ4n) is 4.24. The molecule has 148 valence electrons. The monoisotopic (exact) mass is 382 g/mol. The number of fused-ring (bicyclic) bond motifs is 2. The van der Waals surface area contributed by atoms with Crippen molar-refractivity contribution < 1.29 is 13.6 Å². The van der Waals surface area contributed by atoms with Crippen LogP contribution in [0.3, 0.4) is 0 Å². The lowest BCUT2D eigenvalue weighted by Gasteiger charge is -2.22. The van der Waals surface area contributed by atoms with E-state index in [1.54, 1.807) is 12.3 Å². The minimum Gasteiger partial charge on any atom is -0.464 e. The molecule has 3 aromatic rings. The molecule has 6 heteroatoms. The summed E-state index contributed by atoms with van der Waals surface area (Å²) in [6, 6.07) is 4.11. The second-order valence-electron chi connectivity index (χ2n) is 7.66. The molecule has 6 nitrogen and oxygen atoms in total. The second kappa shape index (κ2) is 7.43. The standard InChI is InChI=1S/C22H26N2O4/c1-4-24-7-5-6-15(24)11-23-21(25)9-18-14(3)17-8-16-13(2)12-27-19(16)10-20(17)28-22(18)26/h8,10,12,15H,4-7,9,11H2,1-3H3,(H,23,25). The number of hydrogen-bond acceptors (Lipinski definition) is 5. The summed E-state index contributed by atoms with van der Waals surface area (Å²) in [5, 5.41) is 4.83. The van der Waals surface area contributed by atoms with Crippen molar-refractivity contribution in [2.45, 2.75) is 46.1 Å². The van der Waals surface area contributed by atoms with Crippen LogP contribution in [0, 0.1) is 13.8 Å². The van der Waals surface area contributed by atoms with E-state index in [1.807, 2.05) is 19.9 Å².